The summed E-state index contributed by atoms with van der Waals surface area (Å²) in [6, 6.07) is -0.335. The molecule has 0 aliphatic rings. The highest BCUT2D eigenvalue weighted by Crippen LogP contribution is 2.14. The molecule has 0 fully saturated rings. The molecule has 1 heterocycles. The van der Waals surface area contributed by atoms with Crippen molar-refractivity contribution in [2.45, 2.75) is 19.4 Å². The van der Waals surface area contributed by atoms with E-state index < -0.39 is 11.8 Å². The van der Waals surface area contributed by atoms with Gasteiger partial charge in [0, 0.05) is 12.5 Å². The molecule has 0 aliphatic carbocycles. The van der Waals surface area contributed by atoms with Gasteiger partial charge >= 0.3 is 0 Å². The number of hydrogen-bond acceptors (Lipinski definition) is 5. The number of nitrogens with one attached hydrogen (secondary N) is 1. The second-order valence-electron chi connectivity index (χ2n) is 2.91. The van der Waals surface area contributed by atoms with Crippen molar-refractivity contribution in [2.24, 2.45) is 5.73 Å². The number of primary amides is 1. The van der Waals surface area contributed by atoms with Crippen LogP contribution in [-0.4, -0.2) is 28.1 Å². The van der Waals surface area contributed by atoms with Crippen LogP contribution in [-0.2, 0) is 4.79 Å². The van der Waals surface area contributed by atoms with E-state index in [1.165, 1.54) is 0 Å². The first kappa shape index (κ1) is 11.9. The van der Waals surface area contributed by atoms with Crippen molar-refractivity contribution in [3.05, 3.63) is 9.47 Å². The third-order valence-corrected chi connectivity index (χ3v) is 2.50. The molecule has 0 saturated carbocycles. The normalized spacial score (nSPS) is 12.1. The second-order valence-corrected chi connectivity index (χ2v) is 4.46. The van der Waals surface area contributed by atoms with E-state index >= 15 is 0 Å². The first-order valence-electron chi connectivity index (χ1n) is 4.07. The van der Waals surface area contributed by atoms with Crippen molar-refractivity contribution in [1.29, 1.82) is 0 Å². The lowest BCUT2D eigenvalue weighted by atomic mass is 10.2. The van der Waals surface area contributed by atoms with E-state index in [9.17, 15) is 9.59 Å². The van der Waals surface area contributed by atoms with E-state index in [0.29, 0.717) is 0 Å². The summed E-state index contributed by atoms with van der Waals surface area (Å²) in [5.41, 5.74) is 4.98. The third-order valence-electron chi connectivity index (χ3n) is 1.48. The Morgan fingerprint density at radius 3 is 2.73 bits per heavy atom. The Hall–Kier alpha value is -1.21. The highest BCUT2D eigenvalue weighted by molar-refractivity contribution is 7.17. The van der Waals surface area contributed by atoms with Crippen LogP contribution in [0.3, 0.4) is 0 Å². The molecule has 0 bridgehead atoms. The first-order chi connectivity index (χ1) is 6.99. The summed E-state index contributed by atoms with van der Waals surface area (Å²) in [5, 5.41) is 9.76. The lowest BCUT2D eigenvalue weighted by Crippen LogP contribution is -2.35. The van der Waals surface area contributed by atoms with Gasteiger partial charge in [0.15, 0.2) is 0 Å². The van der Waals surface area contributed by atoms with Crippen molar-refractivity contribution >= 4 is 34.8 Å². The molecular formula is C7H9ClN4O2S. The Kier molecular flexibility index (Phi) is 3.98. The van der Waals surface area contributed by atoms with Gasteiger partial charge in [0.25, 0.3) is 5.91 Å². The summed E-state index contributed by atoms with van der Waals surface area (Å²) in [6.45, 7) is 1.67. The maximum atomic E-state index is 11.4. The SMILES string of the molecule is CC(CC(N)=O)NC(=O)c1nnc(Cl)s1. The number of carbonyl (C=O) groups is 2. The number of carbonyl (C=O) groups excluding carboxylic acids is 2. The number of nitrogens with zero attached hydrogens (tertiary/aromatic N) is 2. The van der Waals surface area contributed by atoms with Crippen LogP contribution in [0, 0.1) is 0 Å². The van der Waals surface area contributed by atoms with Crippen LogP contribution in [0.25, 0.3) is 0 Å². The van der Waals surface area contributed by atoms with Gasteiger partial charge < -0.3 is 11.1 Å². The molecule has 2 amide bonds. The van der Waals surface area contributed by atoms with E-state index in [1.807, 2.05) is 0 Å². The molecule has 1 aromatic rings. The van der Waals surface area contributed by atoms with Gasteiger partial charge in [0.1, 0.15) is 0 Å². The number of halogens is 1. The standard InChI is InChI=1S/C7H9ClN4O2S/c1-3(2-4(9)13)10-5(14)6-11-12-7(8)15-6/h3H,2H2,1H3,(H2,9,13)(H,10,14). The fourth-order valence-corrected chi connectivity index (χ4v) is 1.67. The molecule has 0 saturated heterocycles. The van der Waals surface area contributed by atoms with E-state index in [0.717, 1.165) is 11.3 Å². The van der Waals surface area contributed by atoms with E-state index in [4.69, 9.17) is 17.3 Å². The lowest BCUT2D eigenvalue weighted by Gasteiger charge is -2.09. The third kappa shape index (κ3) is 3.80. The molecule has 0 aliphatic heterocycles. The van der Waals surface area contributed by atoms with Crippen molar-refractivity contribution < 1.29 is 9.59 Å². The van der Waals surface area contributed by atoms with Crippen molar-refractivity contribution in [1.82, 2.24) is 15.5 Å². The molecule has 0 aromatic carbocycles. The molecule has 6 nitrogen and oxygen atoms in total. The molecule has 0 spiro atoms. The van der Waals surface area contributed by atoms with E-state index in [-0.39, 0.29) is 21.9 Å². The zero-order chi connectivity index (χ0) is 11.4. The highest BCUT2D eigenvalue weighted by atomic mass is 35.5. The van der Waals surface area contributed by atoms with Crippen LogP contribution in [0.4, 0.5) is 0 Å². The zero-order valence-electron chi connectivity index (χ0n) is 7.86. The van der Waals surface area contributed by atoms with Crippen molar-refractivity contribution in [2.75, 3.05) is 0 Å². The number of nitrogens with two attached hydrogens (primary N) is 1. The van der Waals surface area contributed by atoms with Gasteiger partial charge in [0.05, 0.1) is 0 Å². The predicted molar refractivity (Wildman–Crippen MR) is 55.7 cm³/mol. The minimum Gasteiger partial charge on any atom is -0.370 e. The van der Waals surface area contributed by atoms with Gasteiger partial charge in [-0.2, -0.15) is 0 Å². The van der Waals surface area contributed by atoms with Gasteiger partial charge in [-0.3, -0.25) is 9.59 Å². The number of rotatable bonds is 4. The Balaban J connectivity index is 2.52. The quantitative estimate of drug-likeness (QED) is 0.794. The summed E-state index contributed by atoms with van der Waals surface area (Å²) in [4.78, 5) is 22.0. The molecule has 1 unspecified atom stereocenters. The van der Waals surface area contributed by atoms with Gasteiger partial charge in [-0.25, -0.2) is 0 Å². The van der Waals surface area contributed by atoms with Crippen LogP contribution in [0.2, 0.25) is 4.47 Å². The van der Waals surface area contributed by atoms with Gasteiger partial charge in [-0.1, -0.05) is 11.3 Å². The van der Waals surface area contributed by atoms with Gasteiger partial charge in [0.2, 0.25) is 15.4 Å². The van der Waals surface area contributed by atoms with Crippen LogP contribution in [0.15, 0.2) is 0 Å². The summed E-state index contributed by atoms with van der Waals surface area (Å²) in [7, 11) is 0. The maximum Gasteiger partial charge on any atom is 0.282 e. The average Bonchev–Trinajstić information content (AvgIpc) is 2.49. The zero-order valence-corrected chi connectivity index (χ0v) is 9.43. The van der Waals surface area contributed by atoms with Crippen LogP contribution in [0.1, 0.15) is 23.1 Å². The summed E-state index contributed by atoms with van der Waals surface area (Å²) >= 11 is 6.49. The Morgan fingerprint density at radius 1 is 1.60 bits per heavy atom. The minimum absolute atomic E-state index is 0.0816. The molecule has 0 radical (unpaired) electrons. The number of amides is 2. The summed E-state index contributed by atoms with van der Waals surface area (Å²) in [5.74, 6) is -0.883. The largest absolute Gasteiger partial charge is 0.370 e. The van der Waals surface area contributed by atoms with Crippen LogP contribution in [0.5, 0.6) is 0 Å². The molecule has 82 valence electrons. The molecule has 1 rings (SSSR count). The molecule has 3 N–H and O–H groups in total. The number of hydrogen-bond donors (Lipinski definition) is 2. The fraction of sp³-hybridized carbons (Fsp3) is 0.429. The van der Waals surface area contributed by atoms with Crippen molar-refractivity contribution in [3.63, 3.8) is 0 Å². The van der Waals surface area contributed by atoms with Crippen molar-refractivity contribution in [3.8, 4) is 0 Å². The number of aromatic nitrogens is 2. The maximum absolute atomic E-state index is 11.4. The Morgan fingerprint density at radius 2 is 2.27 bits per heavy atom. The summed E-state index contributed by atoms with van der Waals surface area (Å²) in [6.07, 6.45) is 0.0816. The second kappa shape index (κ2) is 5.04. The average molecular weight is 249 g/mol. The fourth-order valence-electron chi connectivity index (χ4n) is 0.935. The summed E-state index contributed by atoms with van der Waals surface area (Å²) < 4.78 is 0.197. The highest BCUT2D eigenvalue weighted by Gasteiger charge is 2.15. The molecular weight excluding hydrogens is 240 g/mol. The smallest absolute Gasteiger partial charge is 0.282 e. The first-order valence-corrected chi connectivity index (χ1v) is 5.26. The van der Waals surface area contributed by atoms with Crippen LogP contribution < -0.4 is 11.1 Å². The lowest BCUT2D eigenvalue weighted by molar-refractivity contribution is -0.118. The topological polar surface area (TPSA) is 98.0 Å². The van der Waals surface area contributed by atoms with Gasteiger partial charge in [-0.05, 0) is 18.5 Å². The Labute approximate surface area is 94.8 Å². The van der Waals surface area contributed by atoms with Gasteiger partial charge in [-0.15, -0.1) is 10.2 Å². The molecule has 1 atom stereocenters. The van der Waals surface area contributed by atoms with E-state index in [1.54, 1.807) is 6.92 Å². The Bertz CT molecular complexity index is 381. The monoisotopic (exact) mass is 248 g/mol. The minimum atomic E-state index is -0.474. The van der Waals surface area contributed by atoms with Crippen LogP contribution >= 0.6 is 22.9 Å². The molecule has 1 aromatic heterocycles. The van der Waals surface area contributed by atoms with E-state index in [2.05, 4.69) is 15.5 Å². The molecule has 8 heteroatoms. The molecule has 15 heavy (non-hydrogen) atoms. The predicted octanol–water partition coefficient (Wildman–Crippen LogP) is 0.185.